The van der Waals surface area contributed by atoms with Crippen LogP contribution in [0.25, 0.3) is 0 Å². The van der Waals surface area contributed by atoms with Crippen molar-refractivity contribution in [2.45, 2.75) is 6.92 Å². The van der Waals surface area contributed by atoms with Crippen molar-refractivity contribution in [1.29, 1.82) is 0 Å². The van der Waals surface area contributed by atoms with E-state index in [1.165, 1.54) is 6.07 Å². The second-order valence-electron chi connectivity index (χ2n) is 5.38. The molecule has 1 N–H and O–H groups in total. The molecule has 0 fully saturated rings. The van der Waals surface area contributed by atoms with Gasteiger partial charge in [0, 0.05) is 0 Å². The molecule has 0 aliphatic heterocycles. The number of aryl methyl sites for hydroxylation is 1. The van der Waals surface area contributed by atoms with E-state index < -0.39 is 45.6 Å². The van der Waals surface area contributed by atoms with Crippen LogP contribution in [0.1, 0.15) is 5.56 Å². The minimum absolute atomic E-state index is 0.253. The fourth-order valence-electron chi connectivity index (χ4n) is 2.13. The van der Waals surface area contributed by atoms with Crippen LogP contribution in [0.2, 0.25) is 0 Å². The number of carbonyl (C=O) groups excluding carboxylic acids is 1. The number of carbonyl (C=O) groups is 1. The third kappa shape index (κ3) is 4.50. The maximum absolute atomic E-state index is 13.6. The zero-order valence-corrected chi connectivity index (χ0v) is 14.2. The molecular weight excluding hydrogens is 357 g/mol. The van der Waals surface area contributed by atoms with Gasteiger partial charge in [-0.05, 0) is 36.8 Å². The van der Waals surface area contributed by atoms with Crippen molar-refractivity contribution in [3.8, 4) is 0 Å². The molecule has 0 spiro atoms. The van der Waals surface area contributed by atoms with Crippen LogP contribution in [0.5, 0.6) is 0 Å². The zero-order chi connectivity index (χ0) is 18.8. The van der Waals surface area contributed by atoms with Crippen molar-refractivity contribution in [1.82, 2.24) is 0 Å². The summed E-state index contributed by atoms with van der Waals surface area (Å²) < 4.78 is 64.5. The van der Waals surface area contributed by atoms with Crippen molar-refractivity contribution in [2.24, 2.45) is 0 Å². The minimum Gasteiger partial charge on any atom is -0.322 e. The molecule has 1 amide bonds. The van der Waals surface area contributed by atoms with E-state index in [9.17, 15) is 26.4 Å². The molecule has 2 aromatic carbocycles. The van der Waals surface area contributed by atoms with Crippen LogP contribution in [0.4, 0.5) is 24.5 Å². The summed E-state index contributed by atoms with van der Waals surface area (Å²) in [7, 11) is -3.80. The molecule has 0 atom stereocenters. The molecule has 0 heterocycles. The number of hydrogen-bond donors (Lipinski definition) is 1. The lowest BCUT2D eigenvalue weighted by Crippen LogP contribution is -2.37. The molecule has 5 nitrogen and oxygen atoms in total. The molecule has 0 radical (unpaired) electrons. The maximum Gasteiger partial charge on any atom is 0.245 e. The summed E-state index contributed by atoms with van der Waals surface area (Å²) in [5.74, 6) is -5.59. The molecule has 2 aromatic rings. The van der Waals surface area contributed by atoms with Crippen LogP contribution in [0.15, 0.2) is 36.4 Å². The van der Waals surface area contributed by atoms with Crippen LogP contribution in [0, 0.1) is 24.4 Å². The van der Waals surface area contributed by atoms with Gasteiger partial charge in [0.05, 0.1) is 17.6 Å². The molecule has 0 saturated heterocycles. The van der Waals surface area contributed by atoms with Gasteiger partial charge in [-0.3, -0.25) is 9.10 Å². The first-order valence-electron chi connectivity index (χ1n) is 7.07. The highest BCUT2D eigenvalue weighted by molar-refractivity contribution is 7.92. The third-order valence-electron chi connectivity index (χ3n) is 3.29. The number of nitrogens with one attached hydrogen (secondary N) is 1. The lowest BCUT2D eigenvalue weighted by molar-refractivity contribution is -0.114. The van der Waals surface area contributed by atoms with E-state index >= 15 is 0 Å². The largest absolute Gasteiger partial charge is 0.322 e. The van der Waals surface area contributed by atoms with Crippen LogP contribution < -0.4 is 9.62 Å². The molecule has 2 rings (SSSR count). The molecule has 0 saturated carbocycles. The minimum atomic E-state index is -3.80. The van der Waals surface area contributed by atoms with Crippen molar-refractivity contribution in [3.63, 3.8) is 0 Å². The predicted octanol–water partition coefficient (Wildman–Crippen LogP) is 2.82. The third-order valence-corrected chi connectivity index (χ3v) is 4.43. The number of benzene rings is 2. The first-order valence-corrected chi connectivity index (χ1v) is 8.92. The van der Waals surface area contributed by atoms with Gasteiger partial charge in [-0.25, -0.2) is 21.6 Å². The maximum atomic E-state index is 13.6. The molecule has 9 heteroatoms. The average molecular weight is 372 g/mol. The summed E-state index contributed by atoms with van der Waals surface area (Å²) in [6.45, 7) is 1.10. The Balaban J connectivity index is 2.25. The number of hydrogen-bond acceptors (Lipinski definition) is 3. The van der Waals surface area contributed by atoms with Crippen LogP contribution in [0.3, 0.4) is 0 Å². The Morgan fingerprint density at radius 3 is 2.40 bits per heavy atom. The average Bonchev–Trinajstić information content (AvgIpc) is 2.52. The van der Waals surface area contributed by atoms with Crippen molar-refractivity contribution in [3.05, 3.63) is 59.4 Å². The summed E-state index contributed by atoms with van der Waals surface area (Å²) in [6.07, 6.45) is 0.917. The summed E-state index contributed by atoms with van der Waals surface area (Å²) in [5, 5.41) is 2.04. The van der Waals surface area contributed by atoms with Crippen LogP contribution >= 0.6 is 0 Å². The second kappa shape index (κ2) is 7.14. The SMILES string of the molecule is Cc1cccc(N(CC(=O)Nc2ccc(F)c(F)c2F)S(C)(=O)=O)c1. The van der Waals surface area contributed by atoms with Crippen molar-refractivity contribution >= 4 is 27.3 Å². The van der Waals surface area contributed by atoms with Gasteiger partial charge < -0.3 is 5.32 Å². The molecule has 0 aromatic heterocycles. The van der Waals surface area contributed by atoms with E-state index in [1.54, 1.807) is 25.1 Å². The summed E-state index contributed by atoms with van der Waals surface area (Å²) in [6, 6.07) is 7.94. The Labute approximate surface area is 143 Å². The molecule has 0 bridgehead atoms. The Hall–Kier alpha value is -2.55. The van der Waals surface area contributed by atoms with E-state index in [2.05, 4.69) is 0 Å². The fraction of sp³-hybridized carbons (Fsp3) is 0.188. The standard InChI is InChI=1S/C16H15F3N2O3S/c1-10-4-3-5-11(8-10)21(25(2,23)24)9-14(22)20-13-7-6-12(17)15(18)16(13)19/h3-8H,9H2,1-2H3,(H,20,22). The number of nitrogens with zero attached hydrogens (tertiary/aromatic N) is 1. The molecule has 134 valence electrons. The Morgan fingerprint density at radius 1 is 1.12 bits per heavy atom. The summed E-state index contributed by atoms with van der Waals surface area (Å²) in [4.78, 5) is 12.1. The Morgan fingerprint density at radius 2 is 1.80 bits per heavy atom. The molecule has 0 aliphatic carbocycles. The first-order chi connectivity index (χ1) is 11.6. The summed E-state index contributed by atoms with van der Waals surface area (Å²) >= 11 is 0. The summed E-state index contributed by atoms with van der Waals surface area (Å²) in [5.41, 5.74) is 0.447. The van der Waals surface area contributed by atoms with Crippen molar-refractivity contribution in [2.75, 3.05) is 22.4 Å². The molecular formula is C16H15F3N2O3S. The van der Waals surface area contributed by atoms with Crippen LogP contribution in [-0.2, 0) is 14.8 Å². The highest BCUT2D eigenvalue weighted by Crippen LogP contribution is 2.21. The van der Waals surface area contributed by atoms with Gasteiger partial charge in [-0.2, -0.15) is 0 Å². The molecule has 0 unspecified atom stereocenters. The lowest BCUT2D eigenvalue weighted by atomic mass is 10.2. The smallest absolute Gasteiger partial charge is 0.245 e. The van der Waals surface area contributed by atoms with Gasteiger partial charge in [-0.15, -0.1) is 0 Å². The topological polar surface area (TPSA) is 66.5 Å². The second-order valence-corrected chi connectivity index (χ2v) is 7.29. The van der Waals surface area contributed by atoms with E-state index in [-0.39, 0.29) is 5.69 Å². The van der Waals surface area contributed by atoms with Gasteiger partial charge >= 0.3 is 0 Å². The Bertz CT molecular complexity index is 917. The number of amides is 1. The predicted molar refractivity (Wildman–Crippen MR) is 88.3 cm³/mol. The number of anilines is 2. The number of halogens is 3. The van der Waals surface area contributed by atoms with E-state index in [4.69, 9.17) is 0 Å². The monoisotopic (exact) mass is 372 g/mol. The molecule has 25 heavy (non-hydrogen) atoms. The number of rotatable bonds is 5. The number of sulfonamides is 1. The quantitative estimate of drug-likeness (QED) is 0.821. The van der Waals surface area contributed by atoms with E-state index in [1.807, 2.05) is 5.32 Å². The molecule has 0 aliphatic rings. The first kappa shape index (κ1) is 18.8. The van der Waals surface area contributed by atoms with Gasteiger partial charge in [0.25, 0.3) is 0 Å². The van der Waals surface area contributed by atoms with Gasteiger partial charge in [0.15, 0.2) is 17.5 Å². The highest BCUT2D eigenvalue weighted by Gasteiger charge is 2.22. The van der Waals surface area contributed by atoms with Gasteiger partial charge in [0.2, 0.25) is 15.9 Å². The lowest BCUT2D eigenvalue weighted by Gasteiger charge is -2.22. The highest BCUT2D eigenvalue weighted by atomic mass is 32.2. The van der Waals surface area contributed by atoms with Crippen molar-refractivity contribution < 1.29 is 26.4 Å². The van der Waals surface area contributed by atoms with Gasteiger partial charge in [0.1, 0.15) is 6.54 Å². The van der Waals surface area contributed by atoms with Crippen LogP contribution in [-0.4, -0.2) is 27.1 Å². The van der Waals surface area contributed by atoms with Gasteiger partial charge in [-0.1, -0.05) is 12.1 Å². The van der Waals surface area contributed by atoms with E-state index in [0.29, 0.717) is 6.07 Å². The fourth-order valence-corrected chi connectivity index (χ4v) is 2.97. The zero-order valence-electron chi connectivity index (χ0n) is 13.4. The Kier molecular flexibility index (Phi) is 5.36. The normalized spacial score (nSPS) is 11.2. The van der Waals surface area contributed by atoms with E-state index in [0.717, 1.165) is 22.2 Å².